The number of hydrogen-bond donors (Lipinski definition) is 1. The predicted octanol–water partition coefficient (Wildman–Crippen LogP) is 3.49. The fourth-order valence-corrected chi connectivity index (χ4v) is 3.04. The van der Waals surface area contributed by atoms with Gasteiger partial charge in [-0.15, -0.1) is 0 Å². The molecule has 1 aromatic carbocycles. The second-order valence-electron chi connectivity index (χ2n) is 5.38. The number of pyridine rings is 1. The molecule has 4 rings (SSSR count). The third-order valence-corrected chi connectivity index (χ3v) is 4.08. The minimum atomic E-state index is -0.192. The topological polar surface area (TPSA) is 55.1 Å². The summed E-state index contributed by atoms with van der Waals surface area (Å²) in [6, 6.07) is 7.77. The van der Waals surface area contributed by atoms with Crippen LogP contribution in [0.4, 0.5) is 0 Å². The van der Waals surface area contributed by atoms with Crippen LogP contribution in [0.1, 0.15) is 24.3 Å². The van der Waals surface area contributed by atoms with E-state index in [2.05, 4.69) is 16.9 Å². The first-order valence-corrected chi connectivity index (χ1v) is 6.97. The maximum absolute atomic E-state index is 12.3. The summed E-state index contributed by atoms with van der Waals surface area (Å²) in [5.41, 5.74) is 3.43. The number of furan rings is 1. The van der Waals surface area contributed by atoms with Crippen molar-refractivity contribution in [1.82, 2.24) is 10.3 Å². The number of piperidine rings is 1. The average molecular weight is 278 g/mol. The molecule has 2 aromatic heterocycles. The second kappa shape index (κ2) is 4.45. The lowest BCUT2D eigenvalue weighted by molar-refractivity contribution is -0.122. The SMILES string of the molecule is C=C1CC[C@H](c2coc3ccc4ncccc4c23)C(=O)N1. The number of carbonyl (C=O) groups excluding carboxylic acids is 1. The molecule has 1 amide bonds. The van der Waals surface area contributed by atoms with Crippen LogP contribution < -0.4 is 5.32 Å². The number of hydrogen-bond acceptors (Lipinski definition) is 3. The summed E-state index contributed by atoms with van der Waals surface area (Å²) < 4.78 is 5.66. The zero-order valence-corrected chi connectivity index (χ0v) is 11.4. The van der Waals surface area contributed by atoms with Crippen LogP contribution >= 0.6 is 0 Å². The number of fused-ring (bicyclic) bond motifs is 3. The van der Waals surface area contributed by atoms with E-state index in [4.69, 9.17) is 4.42 Å². The van der Waals surface area contributed by atoms with Gasteiger partial charge >= 0.3 is 0 Å². The van der Waals surface area contributed by atoms with Gasteiger partial charge in [-0.05, 0) is 31.0 Å². The highest BCUT2D eigenvalue weighted by Gasteiger charge is 2.29. The molecule has 4 nitrogen and oxygen atoms in total. The number of rotatable bonds is 1. The molecule has 0 saturated carbocycles. The van der Waals surface area contributed by atoms with Crippen LogP contribution in [0.15, 0.2) is 53.4 Å². The van der Waals surface area contributed by atoms with Crippen molar-refractivity contribution in [1.29, 1.82) is 0 Å². The van der Waals surface area contributed by atoms with Gasteiger partial charge in [0.1, 0.15) is 5.58 Å². The Morgan fingerprint density at radius 3 is 3.10 bits per heavy atom. The molecule has 0 bridgehead atoms. The number of benzene rings is 1. The third-order valence-electron chi connectivity index (χ3n) is 4.08. The zero-order chi connectivity index (χ0) is 14.4. The Hall–Kier alpha value is -2.62. The number of nitrogens with one attached hydrogen (secondary N) is 1. The monoisotopic (exact) mass is 278 g/mol. The van der Waals surface area contributed by atoms with Crippen LogP contribution in [0.2, 0.25) is 0 Å². The number of nitrogens with zero attached hydrogens (tertiary/aromatic N) is 1. The first-order chi connectivity index (χ1) is 10.2. The summed E-state index contributed by atoms with van der Waals surface area (Å²) in [6.07, 6.45) is 5.03. The molecule has 0 aliphatic carbocycles. The Balaban J connectivity index is 1.95. The first-order valence-electron chi connectivity index (χ1n) is 6.97. The first kappa shape index (κ1) is 12.1. The van der Waals surface area contributed by atoms with E-state index in [1.807, 2.05) is 24.3 Å². The predicted molar refractivity (Wildman–Crippen MR) is 80.8 cm³/mol. The number of allylic oxidation sites excluding steroid dienone is 1. The quantitative estimate of drug-likeness (QED) is 0.741. The van der Waals surface area contributed by atoms with Crippen LogP contribution in [0.5, 0.6) is 0 Å². The highest BCUT2D eigenvalue weighted by molar-refractivity contribution is 6.08. The molecule has 1 atom stereocenters. The summed E-state index contributed by atoms with van der Waals surface area (Å²) in [4.78, 5) is 16.6. The minimum absolute atomic E-state index is 0.00477. The maximum atomic E-state index is 12.3. The largest absolute Gasteiger partial charge is 0.464 e. The van der Waals surface area contributed by atoms with Gasteiger partial charge in [0, 0.05) is 28.2 Å². The molecule has 1 saturated heterocycles. The summed E-state index contributed by atoms with van der Waals surface area (Å²) in [7, 11) is 0. The normalized spacial score (nSPS) is 19.1. The second-order valence-corrected chi connectivity index (χ2v) is 5.38. The smallest absolute Gasteiger partial charge is 0.231 e. The highest BCUT2D eigenvalue weighted by Crippen LogP contribution is 2.36. The lowest BCUT2D eigenvalue weighted by atomic mass is 9.88. The molecule has 1 fully saturated rings. The van der Waals surface area contributed by atoms with Gasteiger partial charge in [0.25, 0.3) is 0 Å². The molecule has 1 aliphatic heterocycles. The molecule has 4 heteroatoms. The fraction of sp³-hybridized carbons (Fsp3) is 0.176. The summed E-state index contributed by atoms with van der Waals surface area (Å²) in [5.74, 6) is -0.197. The lowest BCUT2D eigenvalue weighted by Crippen LogP contribution is -2.33. The number of carbonyl (C=O) groups is 1. The van der Waals surface area contributed by atoms with Crippen LogP contribution in [0.3, 0.4) is 0 Å². The molecule has 104 valence electrons. The Bertz CT molecular complexity index is 879. The standard InChI is InChI=1S/C17H14N2O2/c1-10-4-5-11(17(20)19-10)13-9-21-15-7-6-14-12(16(13)15)3-2-8-18-14/h2-3,6-9,11H,1,4-5H2,(H,19,20)/t11-/m1/s1. The zero-order valence-electron chi connectivity index (χ0n) is 11.4. The molecule has 1 aliphatic rings. The van der Waals surface area contributed by atoms with Crippen molar-refractivity contribution in [3.05, 3.63) is 54.6 Å². The molecule has 1 N–H and O–H groups in total. The van der Waals surface area contributed by atoms with Crippen LogP contribution in [0.25, 0.3) is 21.9 Å². The number of amides is 1. The van der Waals surface area contributed by atoms with E-state index in [-0.39, 0.29) is 11.8 Å². The van der Waals surface area contributed by atoms with Gasteiger partial charge in [0.15, 0.2) is 0 Å². The molecular formula is C17H14N2O2. The van der Waals surface area contributed by atoms with Gasteiger partial charge in [-0.3, -0.25) is 9.78 Å². The van der Waals surface area contributed by atoms with E-state index in [0.29, 0.717) is 0 Å². The van der Waals surface area contributed by atoms with Crippen molar-refractivity contribution in [2.24, 2.45) is 0 Å². The Morgan fingerprint density at radius 1 is 1.33 bits per heavy atom. The van der Waals surface area contributed by atoms with Crippen LogP contribution in [0, 0.1) is 0 Å². The summed E-state index contributed by atoms with van der Waals surface area (Å²) in [6.45, 7) is 3.83. The van der Waals surface area contributed by atoms with Crippen molar-refractivity contribution in [3.8, 4) is 0 Å². The van der Waals surface area contributed by atoms with Gasteiger partial charge in [0.05, 0.1) is 17.7 Å². The van der Waals surface area contributed by atoms with Crippen molar-refractivity contribution in [2.75, 3.05) is 0 Å². The van der Waals surface area contributed by atoms with E-state index >= 15 is 0 Å². The minimum Gasteiger partial charge on any atom is -0.464 e. The van der Waals surface area contributed by atoms with Gasteiger partial charge in [-0.1, -0.05) is 12.6 Å². The highest BCUT2D eigenvalue weighted by atomic mass is 16.3. The summed E-state index contributed by atoms with van der Waals surface area (Å²) >= 11 is 0. The third kappa shape index (κ3) is 1.83. The molecular weight excluding hydrogens is 264 g/mol. The van der Waals surface area contributed by atoms with Gasteiger partial charge in [-0.25, -0.2) is 0 Å². The van der Waals surface area contributed by atoms with Crippen molar-refractivity contribution in [2.45, 2.75) is 18.8 Å². The summed E-state index contributed by atoms with van der Waals surface area (Å²) in [5, 5.41) is 4.86. The van der Waals surface area contributed by atoms with Crippen LogP contribution in [-0.4, -0.2) is 10.9 Å². The van der Waals surface area contributed by atoms with E-state index in [1.165, 1.54) is 0 Å². The van der Waals surface area contributed by atoms with E-state index < -0.39 is 0 Å². The molecule has 0 unspecified atom stereocenters. The molecule has 3 aromatic rings. The van der Waals surface area contributed by atoms with E-state index in [9.17, 15) is 4.79 Å². The van der Waals surface area contributed by atoms with E-state index in [1.54, 1.807) is 12.5 Å². The lowest BCUT2D eigenvalue weighted by Gasteiger charge is -2.23. The van der Waals surface area contributed by atoms with Crippen molar-refractivity contribution in [3.63, 3.8) is 0 Å². The molecule has 0 radical (unpaired) electrons. The number of aromatic nitrogens is 1. The van der Waals surface area contributed by atoms with Crippen molar-refractivity contribution < 1.29 is 9.21 Å². The molecule has 0 spiro atoms. The van der Waals surface area contributed by atoms with Crippen LogP contribution in [-0.2, 0) is 4.79 Å². The maximum Gasteiger partial charge on any atom is 0.231 e. The molecule has 3 heterocycles. The van der Waals surface area contributed by atoms with E-state index in [0.717, 1.165) is 46.0 Å². The van der Waals surface area contributed by atoms with Gasteiger partial charge in [-0.2, -0.15) is 0 Å². The Kier molecular flexibility index (Phi) is 2.57. The molecule has 21 heavy (non-hydrogen) atoms. The Morgan fingerprint density at radius 2 is 2.24 bits per heavy atom. The van der Waals surface area contributed by atoms with Gasteiger partial charge in [0.2, 0.25) is 5.91 Å². The van der Waals surface area contributed by atoms with Gasteiger partial charge < -0.3 is 9.73 Å². The van der Waals surface area contributed by atoms with Crippen molar-refractivity contribution >= 4 is 27.8 Å². The average Bonchev–Trinajstić information content (AvgIpc) is 2.91. The Labute approximate surface area is 121 Å². The fourth-order valence-electron chi connectivity index (χ4n) is 3.04.